The number of nitrogens with zero attached hydrogens (tertiary/aromatic N) is 1. The van der Waals surface area contributed by atoms with Gasteiger partial charge in [-0.2, -0.15) is 0 Å². The van der Waals surface area contributed by atoms with Gasteiger partial charge < -0.3 is 13.9 Å². The molecule has 2 rings (SSSR count). The second-order valence-corrected chi connectivity index (χ2v) is 4.01. The van der Waals surface area contributed by atoms with Gasteiger partial charge >= 0.3 is 0 Å². The number of nitrogens with one attached hydrogen (secondary N) is 1. The fourth-order valence-corrected chi connectivity index (χ4v) is 1.90. The first kappa shape index (κ1) is 13.4. The van der Waals surface area contributed by atoms with Crippen LogP contribution in [0.1, 0.15) is 23.2 Å². The third-order valence-corrected chi connectivity index (χ3v) is 2.84. The monoisotopic (exact) mass is 263 g/mol. The molecule has 0 radical (unpaired) electrons. The number of benzene rings is 1. The number of hydrazine groups is 1. The largest absolute Gasteiger partial charge is 0.493 e. The molecule has 1 aromatic carbocycles. The zero-order valence-corrected chi connectivity index (χ0v) is 11.1. The van der Waals surface area contributed by atoms with Crippen LogP contribution in [0.3, 0.4) is 0 Å². The lowest BCUT2D eigenvalue weighted by molar-refractivity contribution is 0.354. The van der Waals surface area contributed by atoms with Crippen LogP contribution < -0.4 is 20.7 Å². The standard InChI is InChI=1S/C13H17N3O3/c1-8-15-10(7-19-8)13(16-14)9-4-5-11(17-2)12(6-9)18-3/h4-7,13,16H,14H2,1-3H3. The number of aryl methyl sites for hydroxylation is 1. The summed E-state index contributed by atoms with van der Waals surface area (Å²) in [7, 11) is 3.18. The van der Waals surface area contributed by atoms with Gasteiger partial charge in [-0.15, -0.1) is 0 Å². The van der Waals surface area contributed by atoms with E-state index in [1.54, 1.807) is 27.4 Å². The second-order valence-electron chi connectivity index (χ2n) is 4.01. The molecule has 1 atom stereocenters. The number of hydrogen-bond donors (Lipinski definition) is 2. The Morgan fingerprint density at radius 2 is 2.00 bits per heavy atom. The van der Waals surface area contributed by atoms with Crippen molar-refractivity contribution in [1.82, 2.24) is 10.4 Å². The highest BCUT2D eigenvalue weighted by molar-refractivity contribution is 5.45. The molecule has 3 N–H and O–H groups in total. The van der Waals surface area contributed by atoms with Crippen molar-refractivity contribution in [3.8, 4) is 11.5 Å². The van der Waals surface area contributed by atoms with Gasteiger partial charge in [0.2, 0.25) is 0 Å². The van der Waals surface area contributed by atoms with Crippen molar-refractivity contribution in [1.29, 1.82) is 0 Å². The van der Waals surface area contributed by atoms with Crippen LogP contribution in [-0.4, -0.2) is 19.2 Å². The van der Waals surface area contributed by atoms with E-state index in [2.05, 4.69) is 10.4 Å². The molecule has 102 valence electrons. The highest BCUT2D eigenvalue weighted by Gasteiger charge is 2.18. The molecule has 6 nitrogen and oxygen atoms in total. The number of methoxy groups -OCH3 is 2. The van der Waals surface area contributed by atoms with E-state index in [0.717, 1.165) is 5.56 Å². The Morgan fingerprint density at radius 3 is 2.53 bits per heavy atom. The van der Waals surface area contributed by atoms with Crippen molar-refractivity contribution in [2.24, 2.45) is 5.84 Å². The van der Waals surface area contributed by atoms with Crippen LogP contribution in [0.5, 0.6) is 11.5 Å². The smallest absolute Gasteiger partial charge is 0.191 e. The molecular weight excluding hydrogens is 246 g/mol. The minimum Gasteiger partial charge on any atom is -0.493 e. The van der Waals surface area contributed by atoms with Gasteiger partial charge in [0.15, 0.2) is 17.4 Å². The number of aromatic nitrogens is 1. The van der Waals surface area contributed by atoms with E-state index < -0.39 is 0 Å². The Kier molecular flexibility index (Phi) is 4.03. The first-order chi connectivity index (χ1) is 9.19. The molecule has 0 fully saturated rings. The van der Waals surface area contributed by atoms with Crippen LogP contribution in [0, 0.1) is 6.92 Å². The fourth-order valence-electron chi connectivity index (χ4n) is 1.90. The molecule has 19 heavy (non-hydrogen) atoms. The second kappa shape index (κ2) is 5.73. The molecular formula is C13H17N3O3. The maximum Gasteiger partial charge on any atom is 0.191 e. The van der Waals surface area contributed by atoms with Gasteiger partial charge in [0.25, 0.3) is 0 Å². The van der Waals surface area contributed by atoms with E-state index in [-0.39, 0.29) is 6.04 Å². The average Bonchev–Trinajstić information content (AvgIpc) is 2.86. The minimum absolute atomic E-state index is 0.266. The fraction of sp³-hybridized carbons (Fsp3) is 0.308. The molecule has 0 saturated carbocycles. The predicted octanol–water partition coefficient (Wildman–Crippen LogP) is 1.55. The Morgan fingerprint density at radius 1 is 1.26 bits per heavy atom. The molecule has 2 aromatic rings. The zero-order chi connectivity index (χ0) is 13.8. The zero-order valence-electron chi connectivity index (χ0n) is 11.1. The van der Waals surface area contributed by atoms with Gasteiger partial charge in [0.05, 0.1) is 20.3 Å². The van der Waals surface area contributed by atoms with Gasteiger partial charge in [-0.05, 0) is 17.7 Å². The van der Waals surface area contributed by atoms with E-state index in [4.69, 9.17) is 19.7 Å². The summed E-state index contributed by atoms with van der Waals surface area (Å²) in [5.41, 5.74) is 4.34. The van der Waals surface area contributed by atoms with Crippen LogP contribution in [0.2, 0.25) is 0 Å². The molecule has 6 heteroatoms. The van der Waals surface area contributed by atoms with Gasteiger partial charge in [-0.1, -0.05) is 6.07 Å². The van der Waals surface area contributed by atoms with Crippen LogP contribution in [0.25, 0.3) is 0 Å². The average molecular weight is 263 g/mol. The molecule has 1 unspecified atom stereocenters. The van der Waals surface area contributed by atoms with Crippen molar-refractivity contribution < 1.29 is 13.9 Å². The number of nitrogens with two attached hydrogens (primary N) is 1. The molecule has 0 spiro atoms. The lowest BCUT2D eigenvalue weighted by Crippen LogP contribution is -2.29. The summed E-state index contributed by atoms with van der Waals surface area (Å²) in [6.07, 6.45) is 1.58. The molecule has 0 saturated heterocycles. The van der Waals surface area contributed by atoms with Crippen molar-refractivity contribution in [3.05, 3.63) is 41.6 Å². The normalized spacial score (nSPS) is 12.2. The van der Waals surface area contributed by atoms with Crippen LogP contribution in [-0.2, 0) is 0 Å². The van der Waals surface area contributed by atoms with Crippen molar-refractivity contribution in [2.75, 3.05) is 14.2 Å². The Labute approximate surface area is 111 Å². The molecule has 0 aliphatic heterocycles. The first-order valence-corrected chi connectivity index (χ1v) is 5.79. The topological polar surface area (TPSA) is 82.5 Å². The summed E-state index contributed by atoms with van der Waals surface area (Å²) in [5, 5.41) is 0. The number of hydrogen-bond acceptors (Lipinski definition) is 6. The van der Waals surface area contributed by atoms with Crippen LogP contribution in [0.4, 0.5) is 0 Å². The van der Waals surface area contributed by atoms with E-state index in [1.165, 1.54) is 0 Å². The third kappa shape index (κ3) is 2.69. The van der Waals surface area contributed by atoms with Crippen LogP contribution in [0.15, 0.2) is 28.9 Å². The number of ether oxygens (including phenoxy) is 2. The third-order valence-electron chi connectivity index (χ3n) is 2.84. The Bertz CT molecular complexity index is 554. The number of rotatable bonds is 5. The van der Waals surface area contributed by atoms with E-state index in [0.29, 0.717) is 23.1 Å². The lowest BCUT2D eigenvalue weighted by atomic mass is 10.0. The van der Waals surface area contributed by atoms with Gasteiger partial charge in [-0.3, -0.25) is 5.84 Å². The molecule has 0 amide bonds. The quantitative estimate of drug-likeness (QED) is 0.629. The van der Waals surface area contributed by atoms with E-state index >= 15 is 0 Å². The minimum atomic E-state index is -0.266. The lowest BCUT2D eigenvalue weighted by Gasteiger charge is -2.16. The van der Waals surface area contributed by atoms with Crippen molar-refractivity contribution >= 4 is 0 Å². The molecule has 1 aromatic heterocycles. The summed E-state index contributed by atoms with van der Waals surface area (Å²) in [4.78, 5) is 4.28. The summed E-state index contributed by atoms with van der Waals surface area (Å²) < 4.78 is 15.7. The summed E-state index contributed by atoms with van der Waals surface area (Å²) >= 11 is 0. The first-order valence-electron chi connectivity index (χ1n) is 5.79. The van der Waals surface area contributed by atoms with Crippen molar-refractivity contribution in [3.63, 3.8) is 0 Å². The van der Waals surface area contributed by atoms with Gasteiger partial charge in [-0.25, -0.2) is 10.4 Å². The maximum atomic E-state index is 5.60. The van der Waals surface area contributed by atoms with E-state index in [1.807, 2.05) is 18.2 Å². The Balaban J connectivity index is 2.38. The maximum absolute atomic E-state index is 5.60. The molecule has 0 aliphatic rings. The predicted molar refractivity (Wildman–Crippen MR) is 70.0 cm³/mol. The SMILES string of the molecule is COc1ccc(C(NN)c2coc(C)n2)cc1OC. The summed E-state index contributed by atoms with van der Waals surface area (Å²) in [6.45, 7) is 1.78. The summed E-state index contributed by atoms with van der Waals surface area (Å²) in [5.74, 6) is 7.50. The van der Waals surface area contributed by atoms with Crippen LogP contribution >= 0.6 is 0 Å². The molecule has 0 aliphatic carbocycles. The van der Waals surface area contributed by atoms with E-state index in [9.17, 15) is 0 Å². The molecule has 0 bridgehead atoms. The molecule has 1 heterocycles. The highest BCUT2D eigenvalue weighted by Crippen LogP contribution is 2.31. The summed E-state index contributed by atoms with van der Waals surface area (Å²) in [6, 6.07) is 5.31. The Hall–Kier alpha value is -2.05. The van der Waals surface area contributed by atoms with Gasteiger partial charge in [0, 0.05) is 6.92 Å². The highest BCUT2D eigenvalue weighted by atomic mass is 16.5. The number of oxazole rings is 1. The van der Waals surface area contributed by atoms with Gasteiger partial charge in [0.1, 0.15) is 12.0 Å². The van der Waals surface area contributed by atoms with Crippen molar-refractivity contribution in [2.45, 2.75) is 13.0 Å².